The Hall–Kier alpha value is -1.49. The number of fused-ring (bicyclic) bond motifs is 1. The minimum atomic E-state index is -1.01. The van der Waals surface area contributed by atoms with Crippen LogP contribution in [0.25, 0.3) is 10.2 Å². The van der Waals surface area contributed by atoms with Crippen molar-refractivity contribution in [2.24, 2.45) is 0 Å². The Labute approximate surface area is 71.5 Å². The molecule has 0 radical (unpaired) electrons. The van der Waals surface area contributed by atoms with Gasteiger partial charge in [-0.25, -0.2) is 14.8 Å². The van der Waals surface area contributed by atoms with Crippen molar-refractivity contribution in [2.45, 2.75) is 0 Å². The SMILES string of the molecule is O=C(O)c1nccc2ncsc12. The van der Waals surface area contributed by atoms with Crippen molar-refractivity contribution in [2.75, 3.05) is 0 Å². The van der Waals surface area contributed by atoms with E-state index in [1.54, 1.807) is 11.6 Å². The average molecular weight is 180 g/mol. The van der Waals surface area contributed by atoms with Gasteiger partial charge in [0.15, 0.2) is 5.69 Å². The molecule has 0 unspecified atom stereocenters. The zero-order valence-electron chi connectivity index (χ0n) is 5.89. The lowest BCUT2D eigenvalue weighted by atomic mass is 10.3. The fraction of sp³-hybridized carbons (Fsp3) is 0. The summed E-state index contributed by atoms with van der Waals surface area (Å²) in [6, 6.07) is 1.69. The molecule has 0 aliphatic heterocycles. The molecule has 0 atom stereocenters. The van der Waals surface area contributed by atoms with Crippen LogP contribution in [0.2, 0.25) is 0 Å². The average Bonchev–Trinajstić information content (AvgIpc) is 2.49. The van der Waals surface area contributed by atoms with Gasteiger partial charge in [-0.15, -0.1) is 11.3 Å². The number of nitrogens with zero attached hydrogens (tertiary/aromatic N) is 2. The third-order valence-electron chi connectivity index (χ3n) is 1.45. The Bertz CT molecular complexity index is 438. The molecule has 0 saturated carbocycles. The number of aromatic carboxylic acids is 1. The third kappa shape index (κ3) is 0.947. The maximum Gasteiger partial charge on any atom is 0.356 e. The minimum Gasteiger partial charge on any atom is -0.476 e. The molecule has 0 saturated heterocycles. The second-order valence-electron chi connectivity index (χ2n) is 2.17. The van der Waals surface area contributed by atoms with Crippen LogP contribution in [0.3, 0.4) is 0 Å². The normalized spacial score (nSPS) is 10.3. The first-order chi connectivity index (χ1) is 5.79. The molecule has 5 heteroatoms. The van der Waals surface area contributed by atoms with E-state index >= 15 is 0 Å². The van der Waals surface area contributed by atoms with Gasteiger partial charge in [-0.2, -0.15) is 0 Å². The first-order valence-electron chi connectivity index (χ1n) is 3.20. The summed E-state index contributed by atoms with van der Waals surface area (Å²) < 4.78 is 0.630. The quantitative estimate of drug-likeness (QED) is 0.720. The van der Waals surface area contributed by atoms with Gasteiger partial charge in [0.05, 0.1) is 15.7 Å². The van der Waals surface area contributed by atoms with Gasteiger partial charge in [-0.3, -0.25) is 0 Å². The number of hydrogen-bond donors (Lipinski definition) is 1. The van der Waals surface area contributed by atoms with E-state index in [0.717, 1.165) is 0 Å². The molecule has 4 nitrogen and oxygen atoms in total. The number of carboxylic acid groups (broad SMARTS) is 1. The van der Waals surface area contributed by atoms with Crippen molar-refractivity contribution in [3.05, 3.63) is 23.5 Å². The molecule has 60 valence electrons. The van der Waals surface area contributed by atoms with Gasteiger partial charge < -0.3 is 5.11 Å². The van der Waals surface area contributed by atoms with Gasteiger partial charge in [-0.1, -0.05) is 0 Å². The summed E-state index contributed by atoms with van der Waals surface area (Å²) in [5, 5.41) is 8.72. The predicted octanol–water partition coefficient (Wildman–Crippen LogP) is 1.39. The zero-order chi connectivity index (χ0) is 8.55. The molecular formula is C7H4N2O2S. The second kappa shape index (κ2) is 2.53. The summed E-state index contributed by atoms with van der Waals surface area (Å²) in [5.74, 6) is -1.01. The molecule has 2 rings (SSSR count). The first kappa shape index (κ1) is 7.17. The Morgan fingerprint density at radius 2 is 2.33 bits per heavy atom. The topological polar surface area (TPSA) is 63.1 Å². The van der Waals surface area contributed by atoms with E-state index in [2.05, 4.69) is 9.97 Å². The number of carboxylic acids is 1. The lowest BCUT2D eigenvalue weighted by Gasteiger charge is -1.92. The predicted molar refractivity (Wildman–Crippen MR) is 44.4 cm³/mol. The Morgan fingerprint density at radius 1 is 1.50 bits per heavy atom. The van der Waals surface area contributed by atoms with E-state index in [0.29, 0.717) is 10.2 Å². The van der Waals surface area contributed by atoms with Gasteiger partial charge in [-0.05, 0) is 6.07 Å². The van der Waals surface area contributed by atoms with Crippen LogP contribution in [-0.2, 0) is 0 Å². The van der Waals surface area contributed by atoms with Gasteiger partial charge in [0.1, 0.15) is 0 Å². The molecule has 0 aliphatic carbocycles. The molecule has 0 spiro atoms. The summed E-state index contributed by atoms with van der Waals surface area (Å²) in [6.07, 6.45) is 1.45. The number of thiazole rings is 1. The van der Waals surface area contributed by atoms with Crippen molar-refractivity contribution >= 4 is 27.5 Å². The lowest BCUT2D eigenvalue weighted by molar-refractivity contribution is 0.0693. The minimum absolute atomic E-state index is 0.0787. The van der Waals surface area contributed by atoms with Crippen LogP contribution in [0.5, 0.6) is 0 Å². The maximum absolute atomic E-state index is 10.6. The lowest BCUT2D eigenvalue weighted by Crippen LogP contribution is -1.99. The third-order valence-corrected chi connectivity index (χ3v) is 2.30. The van der Waals surface area contributed by atoms with E-state index in [-0.39, 0.29) is 5.69 Å². The van der Waals surface area contributed by atoms with E-state index in [9.17, 15) is 4.79 Å². The highest BCUT2D eigenvalue weighted by atomic mass is 32.1. The van der Waals surface area contributed by atoms with E-state index < -0.39 is 5.97 Å². The van der Waals surface area contributed by atoms with Gasteiger partial charge in [0, 0.05) is 6.20 Å². The maximum atomic E-state index is 10.6. The molecule has 0 fully saturated rings. The van der Waals surface area contributed by atoms with Crippen LogP contribution in [0.4, 0.5) is 0 Å². The van der Waals surface area contributed by atoms with Crippen LogP contribution in [0, 0.1) is 0 Å². The van der Waals surface area contributed by atoms with Crippen LogP contribution >= 0.6 is 11.3 Å². The highest BCUT2D eigenvalue weighted by molar-refractivity contribution is 7.17. The number of aromatic nitrogens is 2. The highest BCUT2D eigenvalue weighted by Crippen LogP contribution is 2.19. The van der Waals surface area contributed by atoms with Crippen molar-refractivity contribution in [3.8, 4) is 0 Å². The zero-order valence-corrected chi connectivity index (χ0v) is 6.71. The molecule has 1 N–H and O–H groups in total. The standard InChI is InChI=1S/C7H4N2O2S/c10-7(11)5-6-4(1-2-8-5)9-3-12-6/h1-3H,(H,10,11). The number of pyridine rings is 1. The fourth-order valence-corrected chi connectivity index (χ4v) is 1.71. The Balaban J connectivity index is 2.82. The van der Waals surface area contributed by atoms with Crippen LogP contribution in [0.15, 0.2) is 17.8 Å². The largest absolute Gasteiger partial charge is 0.476 e. The van der Waals surface area contributed by atoms with Gasteiger partial charge >= 0.3 is 5.97 Å². The Kier molecular flexibility index (Phi) is 1.51. The summed E-state index contributed by atoms with van der Waals surface area (Å²) in [5.41, 5.74) is 2.38. The summed E-state index contributed by atoms with van der Waals surface area (Å²) in [4.78, 5) is 18.4. The summed E-state index contributed by atoms with van der Waals surface area (Å²) >= 11 is 1.29. The number of rotatable bonds is 1. The molecule has 2 aromatic heterocycles. The molecular weight excluding hydrogens is 176 g/mol. The number of carbonyl (C=O) groups is 1. The molecule has 0 aromatic carbocycles. The molecule has 2 aromatic rings. The van der Waals surface area contributed by atoms with E-state index in [1.165, 1.54) is 17.5 Å². The molecule has 0 bridgehead atoms. The van der Waals surface area contributed by atoms with Crippen LogP contribution in [0.1, 0.15) is 10.5 Å². The van der Waals surface area contributed by atoms with Gasteiger partial charge in [0.25, 0.3) is 0 Å². The van der Waals surface area contributed by atoms with Crippen molar-refractivity contribution in [1.82, 2.24) is 9.97 Å². The molecule has 12 heavy (non-hydrogen) atoms. The van der Waals surface area contributed by atoms with E-state index in [4.69, 9.17) is 5.11 Å². The van der Waals surface area contributed by atoms with Crippen molar-refractivity contribution in [1.29, 1.82) is 0 Å². The second-order valence-corrected chi connectivity index (χ2v) is 3.02. The fourth-order valence-electron chi connectivity index (χ4n) is 0.944. The first-order valence-corrected chi connectivity index (χ1v) is 4.08. The summed E-state index contributed by atoms with van der Waals surface area (Å²) in [6.45, 7) is 0. The monoisotopic (exact) mass is 180 g/mol. The van der Waals surface area contributed by atoms with Crippen molar-refractivity contribution in [3.63, 3.8) is 0 Å². The highest BCUT2D eigenvalue weighted by Gasteiger charge is 2.10. The smallest absolute Gasteiger partial charge is 0.356 e. The Morgan fingerprint density at radius 3 is 3.08 bits per heavy atom. The summed E-state index contributed by atoms with van der Waals surface area (Å²) in [7, 11) is 0. The van der Waals surface area contributed by atoms with Crippen molar-refractivity contribution < 1.29 is 9.90 Å². The van der Waals surface area contributed by atoms with E-state index in [1.807, 2.05) is 0 Å². The molecule has 2 heterocycles. The number of hydrogen-bond acceptors (Lipinski definition) is 4. The molecule has 0 amide bonds. The van der Waals surface area contributed by atoms with Crippen LogP contribution in [-0.4, -0.2) is 21.0 Å². The van der Waals surface area contributed by atoms with Crippen LogP contribution < -0.4 is 0 Å². The molecule has 0 aliphatic rings. The van der Waals surface area contributed by atoms with Gasteiger partial charge in [0.2, 0.25) is 0 Å².